The number of halogens is 1. The van der Waals surface area contributed by atoms with E-state index in [0.717, 1.165) is 11.3 Å². The molecule has 0 aliphatic heterocycles. The minimum Gasteiger partial charge on any atom is -0.493 e. The van der Waals surface area contributed by atoms with Crippen molar-refractivity contribution in [2.45, 2.75) is 20.4 Å². The highest BCUT2D eigenvalue weighted by Gasteiger charge is 2.08. The van der Waals surface area contributed by atoms with Gasteiger partial charge in [-0.05, 0) is 43.7 Å². The van der Waals surface area contributed by atoms with E-state index in [2.05, 4.69) is 20.6 Å². The number of anilines is 1. The van der Waals surface area contributed by atoms with Gasteiger partial charge in [-0.25, -0.2) is 14.4 Å². The lowest BCUT2D eigenvalue weighted by Crippen LogP contribution is -2.30. The van der Waals surface area contributed by atoms with Crippen LogP contribution >= 0.6 is 0 Å². The summed E-state index contributed by atoms with van der Waals surface area (Å²) in [5, 5.41) is 6.43. The van der Waals surface area contributed by atoms with Crippen LogP contribution in [0.3, 0.4) is 0 Å². The third-order valence-electron chi connectivity index (χ3n) is 4.28. The van der Waals surface area contributed by atoms with Crippen LogP contribution in [0.1, 0.15) is 19.4 Å². The Kier molecular flexibility index (Phi) is 7.26. The van der Waals surface area contributed by atoms with Crippen molar-refractivity contribution in [3.63, 3.8) is 0 Å². The minimum absolute atomic E-state index is 0.324. The summed E-state index contributed by atoms with van der Waals surface area (Å²) >= 11 is 0. The summed E-state index contributed by atoms with van der Waals surface area (Å²) in [4.78, 5) is 8.51. The Balaban J connectivity index is 1.74. The van der Waals surface area contributed by atoms with Crippen LogP contribution in [0.5, 0.6) is 11.5 Å². The van der Waals surface area contributed by atoms with E-state index in [1.54, 1.807) is 36.5 Å². The van der Waals surface area contributed by atoms with Crippen molar-refractivity contribution in [1.29, 1.82) is 0 Å². The fourth-order valence-electron chi connectivity index (χ4n) is 2.89. The molecule has 3 rings (SSSR count). The van der Waals surface area contributed by atoms with Crippen molar-refractivity contribution in [1.82, 2.24) is 14.9 Å². The molecule has 3 aromatic rings. The van der Waals surface area contributed by atoms with Crippen LogP contribution in [0.4, 0.5) is 10.1 Å². The molecule has 0 spiro atoms. The normalized spacial score (nSPS) is 11.3. The van der Waals surface area contributed by atoms with Gasteiger partial charge in [0.15, 0.2) is 17.5 Å². The first-order valence-corrected chi connectivity index (χ1v) is 9.77. The Bertz CT molecular complexity index is 989. The zero-order valence-electron chi connectivity index (χ0n) is 17.4. The average molecular weight is 411 g/mol. The lowest BCUT2D eigenvalue weighted by atomic mass is 10.2. The number of aromatic nitrogens is 2. The zero-order valence-corrected chi connectivity index (χ0v) is 17.4. The fourth-order valence-corrected chi connectivity index (χ4v) is 2.89. The van der Waals surface area contributed by atoms with Crippen molar-refractivity contribution in [2.75, 3.05) is 25.6 Å². The van der Waals surface area contributed by atoms with Crippen LogP contribution in [0.25, 0.3) is 5.69 Å². The molecule has 158 valence electrons. The number of hydrogen-bond acceptors (Lipinski definition) is 4. The number of hydrogen-bond donors (Lipinski definition) is 2. The van der Waals surface area contributed by atoms with Crippen LogP contribution in [-0.4, -0.2) is 35.8 Å². The molecule has 0 saturated carbocycles. The van der Waals surface area contributed by atoms with E-state index in [9.17, 15) is 4.39 Å². The van der Waals surface area contributed by atoms with E-state index >= 15 is 0 Å². The maximum Gasteiger partial charge on any atom is 0.196 e. The number of ether oxygens (including phenoxy) is 2. The Labute approximate surface area is 175 Å². The zero-order chi connectivity index (χ0) is 21.3. The molecule has 0 atom stereocenters. The summed E-state index contributed by atoms with van der Waals surface area (Å²) in [5.41, 5.74) is 2.02. The summed E-state index contributed by atoms with van der Waals surface area (Å²) in [7, 11) is 1.60. The molecule has 1 heterocycles. The molecule has 30 heavy (non-hydrogen) atoms. The number of guanidine groups is 1. The van der Waals surface area contributed by atoms with E-state index in [1.165, 1.54) is 6.07 Å². The van der Waals surface area contributed by atoms with Gasteiger partial charge in [0, 0.05) is 30.7 Å². The van der Waals surface area contributed by atoms with Gasteiger partial charge >= 0.3 is 0 Å². The lowest BCUT2D eigenvalue weighted by molar-refractivity contribution is 0.311. The molecule has 0 unspecified atom stereocenters. The summed E-state index contributed by atoms with van der Waals surface area (Å²) < 4.78 is 27.0. The van der Waals surface area contributed by atoms with Crippen molar-refractivity contribution in [2.24, 2.45) is 4.99 Å². The number of nitrogens with zero attached hydrogens (tertiary/aromatic N) is 3. The molecule has 2 aromatic carbocycles. The standard InChI is InChI=1S/C22H26FN5O2/c1-4-25-22(27-17-7-9-20(30-5-2)21(13-17)29-3)26-14-16-6-8-19(18(23)12-16)28-11-10-24-15-28/h6-13,15H,4-5,14H2,1-3H3,(H2,25,26,27). The van der Waals surface area contributed by atoms with Crippen molar-refractivity contribution in [3.8, 4) is 17.2 Å². The van der Waals surface area contributed by atoms with Gasteiger partial charge in [0.2, 0.25) is 0 Å². The molecule has 0 saturated heterocycles. The monoisotopic (exact) mass is 411 g/mol. The predicted octanol–water partition coefficient (Wildman–Crippen LogP) is 4.00. The van der Waals surface area contributed by atoms with E-state index in [4.69, 9.17) is 9.47 Å². The number of methoxy groups -OCH3 is 1. The van der Waals surface area contributed by atoms with Gasteiger partial charge in [-0.15, -0.1) is 0 Å². The number of rotatable bonds is 8. The first kappa shape index (κ1) is 21.2. The van der Waals surface area contributed by atoms with E-state index < -0.39 is 0 Å². The lowest BCUT2D eigenvalue weighted by Gasteiger charge is -2.14. The number of nitrogens with one attached hydrogen (secondary N) is 2. The number of imidazole rings is 1. The second kappa shape index (κ2) is 10.3. The summed E-state index contributed by atoms with van der Waals surface area (Å²) in [6, 6.07) is 10.6. The van der Waals surface area contributed by atoms with Gasteiger partial charge < -0.3 is 24.7 Å². The highest BCUT2D eigenvalue weighted by atomic mass is 19.1. The molecule has 0 aliphatic carbocycles. The molecule has 2 N–H and O–H groups in total. The molecule has 0 bridgehead atoms. The molecular weight excluding hydrogens is 385 g/mol. The van der Waals surface area contributed by atoms with E-state index in [1.807, 2.05) is 38.1 Å². The van der Waals surface area contributed by atoms with Crippen molar-refractivity contribution in [3.05, 3.63) is 66.5 Å². The quantitative estimate of drug-likeness (QED) is 0.433. The molecule has 8 heteroatoms. The second-order valence-electron chi connectivity index (χ2n) is 6.37. The summed E-state index contributed by atoms with van der Waals surface area (Å²) in [6.07, 6.45) is 4.88. The molecular formula is C22H26FN5O2. The first-order chi connectivity index (χ1) is 14.6. The van der Waals surface area contributed by atoms with E-state index in [0.29, 0.717) is 42.8 Å². The Hall–Kier alpha value is -3.55. The molecule has 0 aliphatic rings. The maximum absolute atomic E-state index is 14.5. The van der Waals surface area contributed by atoms with E-state index in [-0.39, 0.29) is 5.82 Å². The van der Waals surface area contributed by atoms with Crippen molar-refractivity contribution < 1.29 is 13.9 Å². The summed E-state index contributed by atoms with van der Waals surface area (Å²) in [5.74, 6) is 1.58. The first-order valence-electron chi connectivity index (χ1n) is 9.77. The smallest absolute Gasteiger partial charge is 0.196 e. The molecule has 0 radical (unpaired) electrons. The third kappa shape index (κ3) is 5.28. The van der Waals surface area contributed by atoms with Crippen LogP contribution < -0.4 is 20.1 Å². The maximum atomic E-state index is 14.5. The number of aliphatic imine (C=N–C) groups is 1. The van der Waals surface area contributed by atoms with Gasteiger partial charge in [0.1, 0.15) is 5.82 Å². The SMILES string of the molecule is CCNC(=NCc1ccc(-n2ccnc2)c(F)c1)Nc1ccc(OCC)c(OC)c1. The van der Waals surface area contributed by atoms with Gasteiger partial charge in [-0.3, -0.25) is 0 Å². The summed E-state index contributed by atoms with van der Waals surface area (Å²) in [6.45, 7) is 5.48. The Morgan fingerprint density at radius 2 is 2.03 bits per heavy atom. The highest BCUT2D eigenvalue weighted by molar-refractivity contribution is 5.93. The van der Waals surface area contributed by atoms with Crippen molar-refractivity contribution >= 4 is 11.6 Å². The van der Waals surface area contributed by atoms with Crippen LogP contribution in [0.2, 0.25) is 0 Å². The van der Waals surface area contributed by atoms with Gasteiger partial charge in [0.05, 0.1) is 32.3 Å². The molecule has 7 nitrogen and oxygen atoms in total. The van der Waals surface area contributed by atoms with Crippen LogP contribution in [-0.2, 0) is 6.54 Å². The number of benzene rings is 2. The third-order valence-corrected chi connectivity index (χ3v) is 4.28. The Morgan fingerprint density at radius 3 is 2.70 bits per heavy atom. The van der Waals surface area contributed by atoms with Crippen LogP contribution in [0, 0.1) is 5.82 Å². The fraction of sp³-hybridized carbons (Fsp3) is 0.273. The van der Waals surface area contributed by atoms with Gasteiger partial charge in [-0.1, -0.05) is 6.07 Å². The largest absolute Gasteiger partial charge is 0.493 e. The predicted molar refractivity (Wildman–Crippen MR) is 116 cm³/mol. The average Bonchev–Trinajstić information content (AvgIpc) is 3.28. The van der Waals surface area contributed by atoms with Gasteiger partial charge in [0.25, 0.3) is 0 Å². The van der Waals surface area contributed by atoms with Crippen LogP contribution in [0.15, 0.2) is 60.1 Å². The second-order valence-corrected chi connectivity index (χ2v) is 6.37. The topological polar surface area (TPSA) is 72.7 Å². The molecule has 0 amide bonds. The minimum atomic E-state index is -0.324. The Morgan fingerprint density at radius 1 is 1.17 bits per heavy atom. The molecule has 1 aromatic heterocycles. The molecule has 0 fully saturated rings. The highest BCUT2D eigenvalue weighted by Crippen LogP contribution is 2.30. The van der Waals surface area contributed by atoms with Gasteiger partial charge in [-0.2, -0.15) is 0 Å².